The molecule has 1 aromatic heterocycles. The Hall–Kier alpha value is -3.36. The molecule has 0 atom stereocenters. The molecule has 0 saturated heterocycles. The third-order valence-electron chi connectivity index (χ3n) is 5.29. The number of rotatable bonds is 6. The minimum Gasteiger partial charge on any atom is -0.492 e. The number of nitrogens with zero attached hydrogens (tertiary/aromatic N) is 1. The molecule has 3 aromatic carbocycles. The number of furan rings is 1. The first-order chi connectivity index (χ1) is 15.2. The molecule has 0 aliphatic carbocycles. The molecule has 7 nitrogen and oxygen atoms in total. The van der Waals surface area contributed by atoms with Crippen molar-refractivity contribution in [1.29, 1.82) is 0 Å². The second-order valence-corrected chi connectivity index (χ2v) is 9.68. The van der Waals surface area contributed by atoms with Crippen LogP contribution in [0.5, 0.6) is 5.75 Å². The highest BCUT2D eigenvalue weighted by Crippen LogP contribution is 2.33. The van der Waals surface area contributed by atoms with Crippen LogP contribution in [0.4, 0.5) is 5.69 Å². The van der Waals surface area contributed by atoms with E-state index in [0.29, 0.717) is 17.9 Å². The number of aryl methyl sites for hydroxylation is 1. The molecule has 4 rings (SSSR count). The quantitative estimate of drug-likeness (QED) is 0.454. The van der Waals surface area contributed by atoms with Gasteiger partial charge in [0.1, 0.15) is 16.2 Å². The van der Waals surface area contributed by atoms with Crippen molar-refractivity contribution in [3.05, 3.63) is 65.9 Å². The van der Waals surface area contributed by atoms with E-state index in [1.165, 1.54) is 26.2 Å². The maximum absolute atomic E-state index is 13.1. The first-order valence-electron chi connectivity index (χ1n) is 10.2. The molecule has 0 saturated carbocycles. The molecule has 1 heterocycles. The molecule has 0 bridgehead atoms. The van der Waals surface area contributed by atoms with Crippen molar-refractivity contribution in [3.63, 3.8) is 0 Å². The molecule has 4 aromatic rings. The van der Waals surface area contributed by atoms with E-state index in [0.717, 1.165) is 26.0 Å². The molecule has 8 heteroatoms. The first-order valence-corrected chi connectivity index (χ1v) is 11.6. The minimum atomic E-state index is -3.77. The molecule has 1 N–H and O–H groups in total. The summed E-state index contributed by atoms with van der Waals surface area (Å²) in [5.41, 5.74) is 1.69. The van der Waals surface area contributed by atoms with Crippen molar-refractivity contribution in [2.45, 2.75) is 18.7 Å². The second kappa shape index (κ2) is 8.29. The van der Waals surface area contributed by atoms with Crippen molar-refractivity contribution in [2.75, 3.05) is 26.0 Å². The average Bonchev–Trinajstić information content (AvgIpc) is 3.12. The van der Waals surface area contributed by atoms with Crippen LogP contribution in [0.1, 0.15) is 23.0 Å². The number of amides is 1. The van der Waals surface area contributed by atoms with Crippen LogP contribution >= 0.6 is 0 Å². The van der Waals surface area contributed by atoms with Gasteiger partial charge in [-0.25, -0.2) is 12.7 Å². The van der Waals surface area contributed by atoms with E-state index < -0.39 is 15.9 Å². The van der Waals surface area contributed by atoms with Gasteiger partial charge in [0.05, 0.1) is 6.61 Å². The molecule has 1 amide bonds. The molecule has 0 fully saturated rings. The highest BCUT2D eigenvalue weighted by atomic mass is 32.2. The summed E-state index contributed by atoms with van der Waals surface area (Å²) in [4.78, 5) is 13.0. The van der Waals surface area contributed by atoms with Crippen molar-refractivity contribution < 1.29 is 22.4 Å². The normalized spacial score (nSPS) is 11.9. The van der Waals surface area contributed by atoms with Crippen LogP contribution in [0.25, 0.3) is 21.7 Å². The van der Waals surface area contributed by atoms with Crippen molar-refractivity contribution in [1.82, 2.24) is 4.31 Å². The second-order valence-electron chi connectivity index (χ2n) is 7.56. The number of anilines is 1. The third kappa shape index (κ3) is 3.72. The van der Waals surface area contributed by atoms with Gasteiger partial charge in [0, 0.05) is 36.1 Å². The van der Waals surface area contributed by atoms with Crippen LogP contribution in [0, 0.1) is 6.92 Å². The predicted molar refractivity (Wildman–Crippen MR) is 125 cm³/mol. The van der Waals surface area contributed by atoms with Gasteiger partial charge >= 0.3 is 0 Å². The molecular weight excluding hydrogens is 428 g/mol. The highest BCUT2D eigenvalue weighted by Gasteiger charge is 2.24. The molecule has 0 spiro atoms. The van der Waals surface area contributed by atoms with Crippen molar-refractivity contribution in [3.8, 4) is 5.75 Å². The molecule has 0 aliphatic heterocycles. The Morgan fingerprint density at radius 3 is 2.53 bits per heavy atom. The summed E-state index contributed by atoms with van der Waals surface area (Å²) < 4.78 is 38.1. The van der Waals surface area contributed by atoms with Crippen LogP contribution in [0.3, 0.4) is 0 Å². The number of hydrogen-bond acceptors (Lipinski definition) is 5. The number of carbonyl (C=O) groups is 1. The minimum absolute atomic E-state index is 0.0190. The summed E-state index contributed by atoms with van der Waals surface area (Å²) in [5.74, 6) is -0.0482. The Morgan fingerprint density at radius 1 is 1.06 bits per heavy atom. The lowest BCUT2D eigenvalue weighted by molar-refractivity contribution is 0.0998. The number of ether oxygens (including phenoxy) is 1. The standard InChI is InChI=1S/C24H24N2O5S/c1-5-30-20-13-11-17(14-21(20)32(28,29)26(3)4)25-24(27)22-15(2)18-12-10-16-8-6-7-9-19(16)23(18)31-22/h6-14H,5H2,1-4H3,(H,25,27). The molecule has 0 aliphatic rings. The number of benzene rings is 3. The maximum Gasteiger partial charge on any atom is 0.291 e. The van der Waals surface area contributed by atoms with Gasteiger partial charge in [-0.3, -0.25) is 4.79 Å². The summed E-state index contributed by atoms with van der Waals surface area (Å²) in [6.45, 7) is 3.92. The number of carbonyl (C=O) groups excluding carboxylic acids is 1. The number of nitrogens with one attached hydrogen (secondary N) is 1. The van der Waals surface area contributed by atoms with E-state index in [2.05, 4.69) is 5.32 Å². The lowest BCUT2D eigenvalue weighted by atomic mass is 10.1. The molecular formula is C24H24N2O5S. The number of hydrogen-bond donors (Lipinski definition) is 1. The summed E-state index contributed by atoms with van der Waals surface area (Å²) in [6, 6.07) is 16.3. The Balaban J connectivity index is 1.74. The van der Waals surface area contributed by atoms with Crippen LogP contribution in [-0.4, -0.2) is 39.3 Å². The van der Waals surface area contributed by atoms with Gasteiger partial charge in [-0.2, -0.15) is 0 Å². The topological polar surface area (TPSA) is 88.8 Å². The fourth-order valence-electron chi connectivity index (χ4n) is 3.61. The fraction of sp³-hybridized carbons (Fsp3) is 0.208. The summed E-state index contributed by atoms with van der Waals surface area (Å²) in [6.07, 6.45) is 0. The van der Waals surface area contributed by atoms with Gasteiger partial charge in [-0.05, 0) is 37.4 Å². The zero-order chi connectivity index (χ0) is 23.0. The maximum atomic E-state index is 13.1. The number of sulfonamides is 1. The lowest BCUT2D eigenvalue weighted by Crippen LogP contribution is -2.23. The molecule has 32 heavy (non-hydrogen) atoms. The Kier molecular flexibility index (Phi) is 5.66. The Bertz CT molecular complexity index is 1440. The van der Waals surface area contributed by atoms with Crippen molar-refractivity contribution in [2.24, 2.45) is 0 Å². The molecule has 0 radical (unpaired) electrons. The fourth-order valence-corrected chi connectivity index (χ4v) is 4.66. The molecule has 0 unspecified atom stereocenters. The van der Waals surface area contributed by atoms with Gasteiger partial charge in [0.15, 0.2) is 5.76 Å². The summed E-state index contributed by atoms with van der Waals surface area (Å²) in [7, 11) is -0.886. The Labute approximate surface area is 186 Å². The van der Waals surface area contributed by atoms with E-state index in [1.807, 2.05) is 43.3 Å². The van der Waals surface area contributed by atoms with Crippen LogP contribution in [0.2, 0.25) is 0 Å². The Morgan fingerprint density at radius 2 is 1.81 bits per heavy atom. The van der Waals surface area contributed by atoms with E-state index in [1.54, 1.807) is 13.0 Å². The van der Waals surface area contributed by atoms with Gasteiger partial charge < -0.3 is 14.5 Å². The van der Waals surface area contributed by atoms with E-state index in [9.17, 15) is 13.2 Å². The lowest BCUT2D eigenvalue weighted by Gasteiger charge is -2.16. The average molecular weight is 453 g/mol. The van der Waals surface area contributed by atoms with E-state index in [4.69, 9.17) is 9.15 Å². The van der Waals surface area contributed by atoms with Gasteiger partial charge in [0.2, 0.25) is 10.0 Å². The van der Waals surface area contributed by atoms with Crippen LogP contribution < -0.4 is 10.1 Å². The zero-order valence-electron chi connectivity index (χ0n) is 18.3. The van der Waals surface area contributed by atoms with E-state index >= 15 is 0 Å². The van der Waals surface area contributed by atoms with Crippen LogP contribution in [-0.2, 0) is 10.0 Å². The first kappa shape index (κ1) is 21.9. The zero-order valence-corrected chi connectivity index (χ0v) is 19.1. The smallest absolute Gasteiger partial charge is 0.291 e. The molecule has 166 valence electrons. The van der Waals surface area contributed by atoms with Gasteiger partial charge in [-0.1, -0.05) is 36.4 Å². The highest BCUT2D eigenvalue weighted by molar-refractivity contribution is 7.89. The third-order valence-corrected chi connectivity index (χ3v) is 7.13. The van der Waals surface area contributed by atoms with Gasteiger partial charge in [-0.15, -0.1) is 0 Å². The van der Waals surface area contributed by atoms with Crippen molar-refractivity contribution >= 4 is 43.4 Å². The summed E-state index contributed by atoms with van der Waals surface area (Å²) in [5, 5.41) is 5.56. The SMILES string of the molecule is CCOc1ccc(NC(=O)c2oc3c(ccc4ccccc43)c2C)cc1S(=O)(=O)N(C)C. The van der Waals surface area contributed by atoms with E-state index in [-0.39, 0.29) is 16.4 Å². The monoisotopic (exact) mass is 452 g/mol. The van der Waals surface area contributed by atoms with Crippen LogP contribution in [0.15, 0.2) is 63.9 Å². The van der Waals surface area contributed by atoms with Gasteiger partial charge in [0.25, 0.3) is 5.91 Å². The predicted octanol–water partition coefficient (Wildman–Crippen LogP) is 4.80. The summed E-state index contributed by atoms with van der Waals surface area (Å²) >= 11 is 0. The largest absolute Gasteiger partial charge is 0.492 e. The number of fused-ring (bicyclic) bond motifs is 3.